The smallest absolute Gasteiger partial charge is 0.408 e. The number of hydrogen-bond acceptors (Lipinski definition) is 10. The topological polar surface area (TPSA) is 187 Å². The van der Waals surface area contributed by atoms with E-state index >= 15 is 0 Å². The molecular weight excluding hydrogens is 690 g/mol. The second kappa shape index (κ2) is 14.8. The van der Waals surface area contributed by atoms with Crippen molar-refractivity contribution in [2.75, 3.05) is 20.4 Å². The average Bonchev–Trinajstić information content (AvgIpc) is 3.32. The lowest BCUT2D eigenvalue weighted by Crippen LogP contribution is -2.56. The third kappa shape index (κ3) is 8.25. The number of hydrogen-bond donors (Lipinski definition) is 3. The van der Waals surface area contributed by atoms with E-state index in [-0.39, 0.29) is 25.7 Å². The van der Waals surface area contributed by atoms with Gasteiger partial charge in [-0.3, -0.25) is 9.59 Å². The third-order valence-electron chi connectivity index (χ3n) is 9.01. The molecule has 0 spiro atoms. The van der Waals surface area contributed by atoms with Gasteiger partial charge in [-0.05, 0) is 85.3 Å². The van der Waals surface area contributed by atoms with Crippen molar-refractivity contribution in [2.24, 2.45) is 5.92 Å². The van der Waals surface area contributed by atoms with Gasteiger partial charge in [0.25, 0.3) is 0 Å². The number of halogens is 1. The monoisotopic (exact) mass is 733 g/mol. The predicted octanol–water partition coefficient (Wildman–Crippen LogP) is 3.82. The standard InChI is InChI=1S/C32H44BrN7O8/c1-31(2,3)48-30(45)34-23-11-9-7-5-6-8-10-20-16-32(20,29(43)44)35-27(41)24-15-21(17-39(24)28(23)42)40-37-26(36-38-40)19-12-13-25(22(33)14-19)47-18-46-4/h12-14,20-21,23-24H,5-11,15-18H2,1-4H3,(H,34,45)(H,35,41)(H,43,44)/t20-,21?,23-,24+,32+/m1/s1. The first-order valence-corrected chi connectivity index (χ1v) is 17.2. The summed E-state index contributed by atoms with van der Waals surface area (Å²) < 4.78 is 16.6. The number of aliphatic carboxylic acids is 1. The van der Waals surface area contributed by atoms with E-state index in [1.165, 1.54) is 16.8 Å². The van der Waals surface area contributed by atoms with Crippen LogP contribution in [0.4, 0.5) is 4.79 Å². The fourth-order valence-electron chi connectivity index (χ4n) is 6.47. The zero-order chi connectivity index (χ0) is 34.6. The lowest BCUT2D eigenvalue weighted by molar-refractivity contribution is -0.146. The van der Waals surface area contributed by atoms with Gasteiger partial charge in [-0.15, -0.1) is 10.2 Å². The van der Waals surface area contributed by atoms with Crippen LogP contribution in [0.5, 0.6) is 5.75 Å². The largest absolute Gasteiger partial charge is 0.479 e. The number of nitrogens with one attached hydrogen (secondary N) is 2. The second-order valence-corrected chi connectivity index (χ2v) is 14.6. The molecule has 3 N–H and O–H groups in total. The molecule has 262 valence electrons. The predicted molar refractivity (Wildman–Crippen MR) is 175 cm³/mol. The van der Waals surface area contributed by atoms with Gasteiger partial charge >= 0.3 is 12.1 Å². The summed E-state index contributed by atoms with van der Waals surface area (Å²) in [6, 6.07) is 2.79. The summed E-state index contributed by atoms with van der Waals surface area (Å²) in [4.78, 5) is 56.2. The molecular formula is C32H44BrN7O8. The Balaban J connectivity index is 1.42. The summed E-state index contributed by atoms with van der Waals surface area (Å²) in [5.41, 5.74) is -1.48. The number of fused-ring (bicyclic) bond motifs is 2. The molecule has 16 heteroatoms. The van der Waals surface area contributed by atoms with Gasteiger partial charge < -0.3 is 34.9 Å². The van der Waals surface area contributed by atoms with Crippen molar-refractivity contribution in [3.05, 3.63) is 22.7 Å². The van der Waals surface area contributed by atoms with E-state index in [0.717, 1.165) is 25.7 Å². The average molecular weight is 735 g/mol. The Morgan fingerprint density at radius 1 is 1.15 bits per heavy atom. The van der Waals surface area contributed by atoms with E-state index < -0.39 is 53.1 Å². The Labute approximate surface area is 287 Å². The molecule has 1 aliphatic carbocycles. The number of alkyl carbamates (subject to hydrolysis) is 1. The normalized spacial score (nSPS) is 26.7. The molecule has 1 saturated carbocycles. The van der Waals surface area contributed by atoms with E-state index in [2.05, 4.69) is 42.0 Å². The molecule has 5 rings (SSSR count). The summed E-state index contributed by atoms with van der Waals surface area (Å²) in [6.45, 7) is 5.35. The minimum atomic E-state index is -1.36. The summed E-state index contributed by atoms with van der Waals surface area (Å²) in [7, 11) is 1.53. The number of carbonyl (C=O) groups is 4. The first kappa shape index (κ1) is 35.5. The molecule has 3 fully saturated rings. The van der Waals surface area contributed by atoms with Crippen molar-refractivity contribution in [1.29, 1.82) is 0 Å². The molecule has 2 saturated heterocycles. The zero-order valence-electron chi connectivity index (χ0n) is 27.7. The molecule has 3 amide bonds. The van der Waals surface area contributed by atoms with Crippen molar-refractivity contribution in [3.63, 3.8) is 0 Å². The highest BCUT2D eigenvalue weighted by Crippen LogP contribution is 2.47. The molecule has 48 heavy (non-hydrogen) atoms. The van der Waals surface area contributed by atoms with Gasteiger partial charge in [-0.2, -0.15) is 4.80 Å². The number of carbonyl (C=O) groups excluding carboxylic acids is 3. The van der Waals surface area contributed by atoms with Crippen LogP contribution in [0.3, 0.4) is 0 Å². The van der Waals surface area contributed by atoms with Gasteiger partial charge in [0.15, 0.2) is 6.79 Å². The molecule has 3 aliphatic rings. The quantitative estimate of drug-likeness (QED) is 0.351. The molecule has 1 aromatic carbocycles. The van der Waals surface area contributed by atoms with Crippen molar-refractivity contribution in [2.45, 2.75) is 108 Å². The summed E-state index contributed by atoms with van der Waals surface area (Å²) >= 11 is 3.48. The van der Waals surface area contributed by atoms with Crippen LogP contribution < -0.4 is 15.4 Å². The molecule has 2 aromatic rings. The van der Waals surface area contributed by atoms with E-state index in [1.54, 1.807) is 39.0 Å². The minimum Gasteiger partial charge on any atom is -0.479 e. The Morgan fingerprint density at radius 2 is 1.88 bits per heavy atom. The number of carboxylic acid groups (broad SMARTS) is 1. The van der Waals surface area contributed by atoms with Crippen molar-refractivity contribution in [3.8, 4) is 17.1 Å². The number of tetrazole rings is 1. The molecule has 0 radical (unpaired) electrons. The lowest BCUT2D eigenvalue weighted by Gasteiger charge is -2.30. The molecule has 2 aliphatic heterocycles. The van der Waals surface area contributed by atoms with Gasteiger partial charge in [-0.25, -0.2) is 9.59 Å². The number of nitrogens with zero attached hydrogens (tertiary/aromatic N) is 5. The van der Waals surface area contributed by atoms with Crippen LogP contribution in [0.15, 0.2) is 22.7 Å². The Bertz CT molecular complexity index is 1510. The van der Waals surface area contributed by atoms with Gasteiger partial charge in [0, 0.05) is 25.6 Å². The molecule has 0 bridgehead atoms. The van der Waals surface area contributed by atoms with Crippen LogP contribution in [0, 0.1) is 5.92 Å². The van der Waals surface area contributed by atoms with E-state index in [1.807, 2.05) is 0 Å². The van der Waals surface area contributed by atoms with Gasteiger partial charge in [0.05, 0.1) is 10.5 Å². The van der Waals surface area contributed by atoms with Crippen LogP contribution in [-0.2, 0) is 23.9 Å². The Kier molecular flexibility index (Phi) is 10.9. The first-order valence-electron chi connectivity index (χ1n) is 16.4. The number of methoxy groups -OCH3 is 1. The van der Waals surface area contributed by atoms with E-state index in [9.17, 15) is 24.3 Å². The fourth-order valence-corrected chi connectivity index (χ4v) is 6.97. The number of amides is 3. The minimum absolute atomic E-state index is 0.0518. The molecule has 1 aromatic heterocycles. The SMILES string of the molecule is COCOc1ccc(-c2nnn(C3C[C@H]4C(=O)N[C@@]5(C(=O)O)C[C@H]5CCCCCCC[C@@H](NC(=O)OC(C)(C)C)C(=O)N4C3)n2)cc1Br. The van der Waals surface area contributed by atoms with Gasteiger partial charge in [-0.1, -0.05) is 32.1 Å². The highest BCUT2D eigenvalue weighted by atomic mass is 79.9. The summed E-state index contributed by atoms with van der Waals surface area (Å²) in [6.07, 6.45) is 5.03. The molecule has 3 heterocycles. The molecule has 15 nitrogen and oxygen atoms in total. The summed E-state index contributed by atoms with van der Waals surface area (Å²) in [5, 5.41) is 28.8. The van der Waals surface area contributed by atoms with Crippen LogP contribution in [0.25, 0.3) is 11.4 Å². The van der Waals surface area contributed by atoms with E-state index in [0.29, 0.717) is 47.3 Å². The number of aromatic nitrogens is 4. The van der Waals surface area contributed by atoms with Crippen LogP contribution >= 0.6 is 15.9 Å². The maximum absolute atomic E-state index is 14.2. The number of benzene rings is 1. The van der Waals surface area contributed by atoms with Crippen molar-refractivity contribution >= 4 is 39.8 Å². The van der Waals surface area contributed by atoms with Crippen LogP contribution in [0.2, 0.25) is 0 Å². The lowest BCUT2D eigenvalue weighted by atomic mass is 10.0. The first-order chi connectivity index (χ1) is 22.8. The molecule has 1 unspecified atom stereocenters. The number of ether oxygens (including phenoxy) is 3. The molecule has 5 atom stereocenters. The van der Waals surface area contributed by atoms with Crippen LogP contribution in [-0.4, -0.2) is 97.8 Å². The zero-order valence-corrected chi connectivity index (χ0v) is 29.3. The van der Waals surface area contributed by atoms with Crippen LogP contribution in [0.1, 0.15) is 84.6 Å². The van der Waals surface area contributed by atoms with Crippen molar-refractivity contribution < 1.29 is 38.5 Å². The van der Waals surface area contributed by atoms with Gasteiger partial charge in [0.1, 0.15) is 29.0 Å². The number of carboxylic acids is 1. The number of rotatable bonds is 7. The Hall–Kier alpha value is -3.79. The third-order valence-corrected chi connectivity index (χ3v) is 9.63. The highest BCUT2D eigenvalue weighted by Gasteiger charge is 2.62. The second-order valence-electron chi connectivity index (χ2n) is 13.7. The maximum Gasteiger partial charge on any atom is 0.408 e. The van der Waals surface area contributed by atoms with Crippen molar-refractivity contribution in [1.82, 2.24) is 35.7 Å². The Morgan fingerprint density at radius 3 is 2.56 bits per heavy atom. The maximum atomic E-state index is 14.2. The fraction of sp³-hybridized carbons (Fsp3) is 0.656. The van der Waals surface area contributed by atoms with E-state index in [4.69, 9.17) is 14.2 Å². The summed E-state index contributed by atoms with van der Waals surface area (Å²) in [5.74, 6) is -1.36. The van der Waals surface area contributed by atoms with Gasteiger partial charge in [0.2, 0.25) is 17.6 Å². The highest BCUT2D eigenvalue weighted by molar-refractivity contribution is 9.10.